The van der Waals surface area contributed by atoms with Gasteiger partial charge in [-0.25, -0.2) is 8.78 Å². The SMILES string of the molecule is C=CCCc1cc2c(c(F)c1F)Oc1c(ccc(CCC3CCC(C=C)CO3)c1F)C2. The molecule has 2 unspecified atom stereocenters. The zero-order valence-electron chi connectivity index (χ0n) is 17.6. The fraction of sp³-hybridized carbons (Fsp3) is 0.385. The lowest BCUT2D eigenvalue weighted by Crippen LogP contribution is -2.25. The van der Waals surface area contributed by atoms with Gasteiger partial charge >= 0.3 is 0 Å². The number of allylic oxidation sites excluding steroid dienone is 1. The van der Waals surface area contributed by atoms with Crippen LogP contribution in [0, 0.1) is 23.4 Å². The standard InChI is InChI=1S/C26H27F3O2/c1-3-5-6-18-13-20-14-19-9-8-17(10-12-21-11-7-16(4-2)15-30-21)23(28)25(19)31-26(20)24(29)22(18)27/h3-4,8-9,13,16,21H,1-2,5-7,10-12,14-15H2. The zero-order valence-corrected chi connectivity index (χ0v) is 17.6. The predicted octanol–water partition coefficient (Wildman–Crippen LogP) is 6.83. The van der Waals surface area contributed by atoms with Crippen LogP contribution in [-0.2, 0) is 24.0 Å². The number of hydrogen-bond donors (Lipinski definition) is 0. The molecule has 1 fully saturated rings. The first-order chi connectivity index (χ1) is 15.0. The molecule has 4 rings (SSSR count). The van der Waals surface area contributed by atoms with E-state index >= 15 is 4.39 Å². The van der Waals surface area contributed by atoms with Crippen LogP contribution in [0.1, 0.15) is 47.9 Å². The Balaban J connectivity index is 1.51. The van der Waals surface area contributed by atoms with Gasteiger partial charge in [0.25, 0.3) is 0 Å². The minimum atomic E-state index is -1.06. The van der Waals surface area contributed by atoms with Crippen molar-refractivity contribution < 1.29 is 22.6 Å². The van der Waals surface area contributed by atoms with E-state index in [1.165, 1.54) is 0 Å². The Hall–Kier alpha value is -2.53. The van der Waals surface area contributed by atoms with Crippen molar-refractivity contribution in [1.29, 1.82) is 0 Å². The fourth-order valence-electron chi connectivity index (χ4n) is 4.35. The topological polar surface area (TPSA) is 18.5 Å². The molecular formula is C26H27F3O2. The third-order valence-electron chi connectivity index (χ3n) is 6.25. The summed E-state index contributed by atoms with van der Waals surface area (Å²) in [6.45, 7) is 8.08. The van der Waals surface area contributed by atoms with Crippen molar-refractivity contribution in [3.63, 3.8) is 0 Å². The molecule has 0 amide bonds. The van der Waals surface area contributed by atoms with Crippen molar-refractivity contribution in [1.82, 2.24) is 0 Å². The number of benzene rings is 2. The molecule has 0 aliphatic carbocycles. The van der Waals surface area contributed by atoms with Crippen LogP contribution in [0.5, 0.6) is 11.5 Å². The third kappa shape index (κ3) is 4.42. The summed E-state index contributed by atoms with van der Waals surface area (Å²) in [5.74, 6) is -2.32. The molecule has 0 radical (unpaired) electrons. The van der Waals surface area contributed by atoms with Gasteiger partial charge in [-0.2, -0.15) is 4.39 Å². The van der Waals surface area contributed by atoms with Crippen LogP contribution in [0.25, 0.3) is 0 Å². The first-order valence-electron chi connectivity index (χ1n) is 10.8. The van der Waals surface area contributed by atoms with E-state index in [2.05, 4.69) is 13.2 Å². The second-order valence-corrected chi connectivity index (χ2v) is 8.35. The molecule has 5 heteroatoms. The van der Waals surface area contributed by atoms with Gasteiger partial charge in [-0.3, -0.25) is 0 Å². The number of rotatable bonds is 7. The van der Waals surface area contributed by atoms with Crippen molar-refractivity contribution in [3.05, 3.63) is 83.2 Å². The Labute approximate surface area is 181 Å². The van der Waals surface area contributed by atoms with E-state index in [0.717, 1.165) is 12.8 Å². The van der Waals surface area contributed by atoms with Gasteiger partial charge in [0.05, 0.1) is 12.7 Å². The van der Waals surface area contributed by atoms with Gasteiger partial charge in [-0.05, 0) is 55.7 Å². The van der Waals surface area contributed by atoms with Gasteiger partial charge in [-0.15, -0.1) is 13.2 Å². The Morgan fingerprint density at radius 2 is 1.74 bits per heavy atom. The molecule has 164 valence electrons. The molecule has 2 aromatic carbocycles. The van der Waals surface area contributed by atoms with E-state index < -0.39 is 17.5 Å². The first-order valence-corrected chi connectivity index (χ1v) is 10.8. The molecule has 0 spiro atoms. The molecule has 0 N–H and O–H groups in total. The molecular weight excluding hydrogens is 401 g/mol. The molecule has 2 nitrogen and oxygen atoms in total. The lowest BCUT2D eigenvalue weighted by atomic mass is 9.93. The monoisotopic (exact) mass is 428 g/mol. The van der Waals surface area contributed by atoms with Gasteiger partial charge < -0.3 is 9.47 Å². The highest BCUT2D eigenvalue weighted by molar-refractivity contribution is 5.53. The first kappa shape index (κ1) is 21.7. The Bertz CT molecular complexity index is 991. The van der Waals surface area contributed by atoms with E-state index in [1.807, 2.05) is 12.1 Å². The number of halogens is 3. The van der Waals surface area contributed by atoms with Gasteiger partial charge in [0.2, 0.25) is 5.82 Å². The average Bonchev–Trinajstić information content (AvgIpc) is 2.79. The van der Waals surface area contributed by atoms with Crippen LogP contribution < -0.4 is 4.74 Å². The summed E-state index contributed by atoms with van der Waals surface area (Å²) in [6.07, 6.45) is 8.02. The summed E-state index contributed by atoms with van der Waals surface area (Å²) in [5, 5.41) is 0. The normalized spacial score (nSPS) is 19.8. The molecule has 0 aromatic heterocycles. The van der Waals surface area contributed by atoms with Gasteiger partial charge in [0, 0.05) is 23.5 Å². The summed E-state index contributed by atoms with van der Waals surface area (Å²) in [4.78, 5) is 0. The van der Waals surface area contributed by atoms with E-state index in [-0.39, 0.29) is 23.2 Å². The summed E-state index contributed by atoms with van der Waals surface area (Å²) in [7, 11) is 0. The van der Waals surface area contributed by atoms with E-state index in [1.54, 1.807) is 18.2 Å². The van der Waals surface area contributed by atoms with Crippen molar-refractivity contribution in [3.8, 4) is 11.5 Å². The van der Waals surface area contributed by atoms with Gasteiger partial charge in [0.1, 0.15) is 0 Å². The second kappa shape index (κ2) is 9.31. The van der Waals surface area contributed by atoms with E-state index in [0.29, 0.717) is 61.3 Å². The third-order valence-corrected chi connectivity index (χ3v) is 6.25. The Morgan fingerprint density at radius 3 is 2.45 bits per heavy atom. The number of ether oxygens (including phenoxy) is 2. The highest BCUT2D eigenvalue weighted by atomic mass is 19.2. The molecule has 1 saturated heterocycles. The van der Waals surface area contributed by atoms with Crippen LogP contribution in [0.4, 0.5) is 13.2 Å². The van der Waals surface area contributed by atoms with Crippen molar-refractivity contribution in [2.24, 2.45) is 5.92 Å². The highest BCUT2D eigenvalue weighted by Crippen LogP contribution is 2.42. The summed E-state index contributed by atoms with van der Waals surface area (Å²) >= 11 is 0. The molecule has 2 heterocycles. The number of hydrogen-bond acceptors (Lipinski definition) is 2. The number of fused-ring (bicyclic) bond motifs is 2. The lowest BCUT2D eigenvalue weighted by molar-refractivity contribution is -0.00789. The van der Waals surface area contributed by atoms with Gasteiger partial charge in [-0.1, -0.05) is 24.3 Å². The fourth-order valence-corrected chi connectivity index (χ4v) is 4.35. The Morgan fingerprint density at radius 1 is 0.935 bits per heavy atom. The van der Waals surface area contributed by atoms with E-state index in [9.17, 15) is 8.78 Å². The van der Waals surface area contributed by atoms with Crippen LogP contribution in [0.15, 0.2) is 43.5 Å². The minimum absolute atomic E-state index is 0.00146. The molecule has 2 aromatic rings. The second-order valence-electron chi connectivity index (χ2n) is 8.35. The molecule has 2 atom stereocenters. The summed E-state index contributed by atoms with van der Waals surface area (Å²) in [5.41, 5.74) is 1.95. The summed E-state index contributed by atoms with van der Waals surface area (Å²) < 4.78 is 55.7. The van der Waals surface area contributed by atoms with Gasteiger partial charge in [0.15, 0.2) is 23.1 Å². The van der Waals surface area contributed by atoms with Crippen molar-refractivity contribution in [2.75, 3.05) is 6.61 Å². The predicted molar refractivity (Wildman–Crippen MR) is 115 cm³/mol. The Kier molecular flexibility index (Phi) is 6.51. The van der Waals surface area contributed by atoms with Crippen molar-refractivity contribution >= 4 is 0 Å². The van der Waals surface area contributed by atoms with Crippen LogP contribution in [0.3, 0.4) is 0 Å². The largest absolute Gasteiger partial charge is 0.450 e. The maximum Gasteiger partial charge on any atom is 0.201 e. The molecule has 2 aliphatic heterocycles. The molecule has 0 bridgehead atoms. The molecule has 0 saturated carbocycles. The quantitative estimate of drug-likeness (QED) is 0.384. The van der Waals surface area contributed by atoms with Crippen LogP contribution in [0.2, 0.25) is 0 Å². The average molecular weight is 428 g/mol. The van der Waals surface area contributed by atoms with Crippen molar-refractivity contribution in [2.45, 2.75) is 51.0 Å². The molecule has 31 heavy (non-hydrogen) atoms. The van der Waals surface area contributed by atoms with Crippen LogP contribution in [-0.4, -0.2) is 12.7 Å². The zero-order chi connectivity index (χ0) is 22.0. The minimum Gasteiger partial charge on any atom is -0.450 e. The van der Waals surface area contributed by atoms with Crippen LogP contribution >= 0.6 is 0 Å². The summed E-state index contributed by atoms with van der Waals surface area (Å²) in [6, 6.07) is 5.19. The van der Waals surface area contributed by atoms with E-state index in [4.69, 9.17) is 9.47 Å². The maximum absolute atomic E-state index is 15.2. The number of aryl methyl sites for hydroxylation is 2. The maximum atomic E-state index is 15.2. The highest BCUT2D eigenvalue weighted by Gasteiger charge is 2.28. The lowest BCUT2D eigenvalue weighted by Gasteiger charge is -2.27. The molecule has 2 aliphatic rings. The smallest absolute Gasteiger partial charge is 0.201 e.